The standard InChI is InChI=1S/C16H19NO3S2/c1-11-17-16(19-13-5-3-4-6-13)15(21-11)12-7-9-14(10-8-12)22-20-18-2/h7-10,13H,3-6H2,1-2H3. The molecular formula is C16H19NO3S2. The molecule has 1 fully saturated rings. The highest BCUT2D eigenvalue weighted by Gasteiger charge is 2.21. The second kappa shape index (κ2) is 7.46. The van der Waals surface area contributed by atoms with Crippen LogP contribution in [0.15, 0.2) is 29.2 Å². The number of thiazole rings is 1. The Morgan fingerprint density at radius 2 is 1.91 bits per heavy atom. The Labute approximate surface area is 138 Å². The molecule has 0 amide bonds. The molecule has 6 heteroatoms. The second-order valence-electron chi connectivity index (χ2n) is 5.23. The Kier molecular flexibility index (Phi) is 5.36. The van der Waals surface area contributed by atoms with E-state index in [1.165, 1.54) is 32.0 Å². The summed E-state index contributed by atoms with van der Waals surface area (Å²) < 4.78 is 11.0. The topological polar surface area (TPSA) is 40.6 Å². The smallest absolute Gasteiger partial charge is 0.233 e. The fourth-order valence-corrected chi connectivity index (χ4v) is 3.82. The van der Waals surface area contributed by atoms with Crippen LogP contribution in [0.25, 0.3) is 10.4 Å². The van der Waals surface area contributed by atoms with Crippen molar-refractivity contribution in [2.45, 2.75) is 43.6 Å². The molecule has 1 heterocycles. The van der Waals surface area contributed by atoms with Crippen LogP contribution in [0, 0.1) is 6.92 Å². The largest absolute Gasteiger partial charge is 0.473 e. The average molecular weight is 337 g/mol. The van der Waals surface area contributed by atoms with Gasteiger partial charge in [0.15, 0.2) is 0 Å². The van der Waals surface area contributed by atoms with Crippen LogP contribution in [0.4, 0.5) is 0 Å². The van der Waals surface area contributed by atoms with Gasteiger partial charge in [-0.1, -0.05) is 12.1 Å². The van der Waals surface area contributed by atoms with Gasteiger partial charge in [-0.3, -0.25) is 0 Å². The third-order valence-electron chi connectivity index (χ3n) is 3.60. The first kappa shape index (κ1) is 15.8. The molecule has 0 bridgehead atoms. The van der Waals surface area contributed by atoms with Gasteiger partial charge in [-0.05, 0) is 50.3 Å². The monoisotopic (exact) mass is 337 g/mol. The molecule has 2 aromatic rings. The molecule has 118 valence electrons. The van der Waals surface area contributed by atoms with Gasteiger partial charge in [0.05, 0.1) is 29.0 Å². The minimum Gasteiger partial charge on any atom is -0.473 e. The van der Waals surface area contributed by atoms with E-state index in [4.69, 9.17) is 9.07 Å². The van der Waals surface area contributed by atoms with Gasteiger partial charge in [-0.15, -0.1) is 11.3 Å². The molecule has 1 aliphatic rings. The van der Waals surface area contributed by atoms with Crippen molar-refractivity contribution in [2.75, 3.05) is 7.11 Å². The van der Waals surface area contributed by atoms with E-state index in [9.17, 15) is 0 Å². The first-order valence-corrected chi connectivity index (χ1v) is 8.94. The van der Waals surface area contributed by atoms with Crippen molar-refractivity contribution in [3.63, 3.8) is 0 Å². The molecule has 0 N–H and O–H groups in total. The fourth-order valence-electron chi connectivity index (χ4n) is 2.57. The Morgan fingerprint density at radius 3 is 2.59 bits per heavy atom. The molecule has 0 atom stereocenters. The molecular weight excluding hydrogens is 318 g/mol. The maximum absolute atomic E-state index is 6.13. The highest BCUT2D eigenvalue weighted by molar-refractivity contribution is 7.94. The van der Waals surface area contributed by atoms with Gasteiger partial charge in [0.1, 0.15) is 6.10 Å². The SMILES string of the molecule is COOSc1ccc(-c2sc(C)nc2OC2CCCC2)cc1. The molecule has 0 saturated heterocycles. The predicted molar refractivity (Wildman–Crippen MR) is 89.1 cm³/mol. The summed E-state index contributed by atoms with van der Waals surface area (Å²) in [6, 6.07) is 8.15. The van der Waals surface area contributed by atoms with E-state index in [-0.39, 0.29) is 0 Å². The van der Waals surface area contributed by atoms with Crippen LogP contribution in [-0.4, -0.2) is 18.2 Å². The molecule has 1 saturated carbocycles. The van der Waals surface area contributed by atoms with Gasteiger partial charge < -0.3 is 4.74 Å². The molecule has 3 rings (SSSR count). The lowest BCUT2D eigenvalue weighted by Gasteiger charge is -2.12. The maximum Gasteiger partial charge on any atom is 0.233 e. The summed E-state index contributed by atoms with van der Waals surface area (Å²) in [6.45, 7) is 2.02. The van der Waals surface area contributed by atoms with Crippen LogP contribution in [-0.2, 0) is 9.22 Å². The third kappa shape index (κ3) is 3.81. The first-order valence-electron chi connectivity index (χ1n) is 7.38. The molecule has 1 aliphatic carbocycles. The van der Waals surface area contributed by atoms with Gasteiger partial charge in [-0.2, -0.15) is 4.33 Å². The fraction of sp³-hybridized carbons (Fsp3) is 0.438. The van der Waals surface area contributed by atoms with E-state index in [0.717, 1.165) is 39.1 Å². The van der Waals surface area contributed by atoms with Crippen LogP contribution in [0.1, 0.15) is 30.7 Å². The van der Waals surface area contributed by atoms with Gasteiger partial charge >= 0.3 is 0 Å². The van der Waals surface area contributed by atoms with E-state index >= 15 is 0 Å². The predicted octanol–water partition coefficient (Wildman–Crippen LogP) is 5.03. The van der Waals surface area contributed by atoms with Crippen LogP contribution in [0.2, 0.25) is 0 Å². The summed E-state index contributed by atoms with van der Waals surface area (Å²) in [4.78, 5) is 11.3. The number of rotatable bonds is 6. The van der Waals surface area contributed by atoms with Crippen molar-refractivity contribution in [1.82, 2.24) is 4.98 Å². The van der Waals surface area contributed by atoms with Crippen molar-refractivity contribution >= 4 is 23.4 Å². The molecule has 0 radical (unpaired) electrons. The summed E-state index contributed by atoms with van der Waals surface area (Å²) in [5, 5.41) is 1.03. The normalized spacial score (nSPS) is 15.4. The lowest BCUT2D eigenvalue weighted by Crippen LogP contribution is -2.11. The van der Waals surface area contributed by atoms with E-state index in [0.29, 0.717) is 6.10 Å². The van der Waals surface area contributed by atoms with Crippen molar-refractivity contribution in [1.29, 1.82) is 0 Å². The lowest BCUT2D eigenvalue weighted by atomic mass is 10.2. The van der Waals surface area contributed by atoms with Gasteiger partial charge in [-0.25, -0.2) is 9.87 Å². The Bertz CT molecular complexity index is 606. The third-order valence-corrected chi connectivity index (χ3v) is 5.27. The van der Waals surface area contributed by atoms with Crippen LogP contribution in [0.5, 0.6) is 5.88 Å². The van der Waals surface area contributed by atoms with Gasteiger partial charge in [0, 0.05) is 4.90 Å². The number of aromatic nitrogens is 1. The molecule has 0 unspecified atom stereocenters. The summed E-state index contributed by atoms with van der Waals surface area (Å²) in [5.74, 6) is 0.781. The Morgan fingerprint density at radius 1 is 1.18 bits per heavy atom. The van der Waals surface area contributed by atoms with E-state index in [1.807, 2.05) is 19.1 Å². The van der Waals surface area contributed by atoms with Gasteiger partial charge in [0.2, 0.25) is 5.88 Å². The van der Waals surface area contributed by atoms with Crippen LogP contribution >= 0.6 is 23.4 Å². The van der Waals surface area contributed by atoms with Crippen LogP contribution in [0.3, 0.4) is 0 Å². The van der Waals surface area contributed by atoms with Crippen molar-refractivity contribution in [3.8, 4) is 16.3 Å². The van der Waals surface area contributed by atoms with Crippen LogP contribution < -0.4 is 4.74 Å². The van der Waals surface area contributed by atoms with Crippen molar-refractivity contribution < 1.29 is 14.0 Å². The number of hydrogen-bond donors (Lipinski definition) is 0. The number of ether oxygens (including phenoxy) is 1. The van der Waals surface area contributed by atoms with E-state index in [2.05, 4.69) is 22.0 Å². The molecule has 1 aromatic carbocycles. The Hall–Kier alpha value is -1.08. The zero-order chi connectivity index (χ0) is 15.4. The van der Waals surface area contributed by atoms with Crippen molar-refractivity contribution in [2.24, 2.45) is 0 Å². The average Bonchev–Trinajstić information content (AvgIpc) is 3.16. The molecule has 0 aliphatic heterocycles. The van der Waals surface area contributed by atoms with E-state index in [1.54, 1.807) is 11.3 Å². The maximum atomic E-state index is 6.13. The zero-order valence-corrected chi connectivity index (χ0v) is 14.3. The zero-order valence-electron chi connectivity index (χ0n) is 12.7. The first-order chi connectivity index (χ1) is 10.8. The molecule has 4 nitrogen and oxygen atoms in total. The summed E-state index contributed by atoms with van der Waals surface area (Å²) >= 11 is 2.87. The number of aryl methyl sites for hydroxylation is 1. The Balaban J connectivity index is 1.78. The van der Waals surface area contributed by atoms with E-state index < -0.39 is 0 Å². The number of benzene rings is 1. The molecule has 1 aromatic heterocycles. The molecule has 22 heavy (non-hydrogen) atoms. The minimum absolute atomic E-state index is 0.324. The highest BCUT2D eigenvalue weighted by atomic mass is 32.2. The minimum atomic E-state index is 0.324. The highest BCUT2D eigenvalue weighted by Crippen LogP contribution is 2.38. The summed E-state index contributed by atoms with van der Waals surface area (Å²) in [7, 11) is 1.49. The second-order valence-corrected chi connectivity index (χ2v) is 7.21. The molecule has 0 spiro atoms. The van der Waals surface area contributed by atoms with Crippen molar-refractivity contribution in [3.05, 3.63) is 29.3 Å². The summed E-state index contributed by atoms with van der Waals surface area (Å²) in [6.07, 6.45) is 5.12. The summed E-state index contributed by atoms with van der Waals surface area (Å²) in [5.41, 5.74) is 1.13. The lowest BCUT2D eigenvalue weighted by molar-refractivity contribution is -0.160. The van der Waals surface area contributed by atoms with Gasteiger partial charge in [0.25, 0.3) is 0 Å². The quantitative estimate of drug-likeness (QED) is 0.420. The number of nitrogens with zero attached hydrogens (tertiary/aromatic N) is 1. The number of hydrogen-bond acceptors (Lipinski definition) is 6.